The molecule has 38 heavy (non-hydrogen) atoms. The van der Waals surface area contributed by atoms with E-state index in [1.807, 2.05) is 45.0 Å². The van der Waals surface area contributed by atoms with Gasteiger partial charge in [0.05, 0.1) is 24.7 Å². The van der Waals surface area contributed by atoms with Gasteiger partial charge in [0.1, 0.15) is 11.9 Å². The first-order chi connectivity index (χ1) is 18.0. The van der Waals surface area contributed by atoms with E-state index in [4.69, 9.17) is 14.6 Å². The molecule has 2 aliphatic rings. The Hall–Kier alpha value is -2.68. The monoisotopic (exact) mass is 530 g/mol. The molecule has 8 nitrogen and oxygen atoms in total. The molecule has 0 amide bonds. The molecule has 0 saturated heterocycles. The summed E-state index contributed by atoms with van der Waals surface area (Å²) >= 11 is 0. The first-order valence-corrected chi connectivity index (χ1v) is 13.6. The number of fused-ring (bicyclic) bond motifs is 1. The van der Waals surface area contributed by atoms with Crippen LogP contribution < -0.4 is 4.74 Å². The lowest BCUT2D eigenvalue weighted by atomic mass is 9.66. The number of hydrogen-bond acceptors (Lipinski definition) is 7. The molecule has 0 aliphatic heterocycles. The van der Waals surface area contributed by atoms with Crippen molar-refractivity contribution in [2.24, 2.45) is 17.8 Å². The van der Waals surface area contributed by atoms with Crippen LogP contribution in [0.2, 0.25) is 0 Å². The molecule has 0 heterocycles. The fourth-order valence-corrected chi connectivity index (χ4v) is 5.62. The van der Waals surface area contributed by atoms with Crippen LogP contribution in [-0.2, 0) is 14.3 Å². The normalized spacial score (nSPS) is 27.0. The zero-order chi connectivity index (χ0) is 28.0. The molecule has 0 saturated carbocycles. The molecular weight excluding hydrogens is 488 g/mol. The van der Waals surface area contributed by atoms with Gasteiger partial charge in [-0.05, 0) is 74.1 Å². The van der Waals surface area contributed by atoms with Gasteiger partial charge < -0.3 is 29.9 Å². The first-order valence-electron chi connectivity index (χ1n) is 13.6. The van der Waals surface area contributed by atoms with Gasteiger partial charge in [0.2, 0.25) is 0 Å². The number of benzene rings is 1. The summed E-state index contributed by atoms with van der Waals surface area (Å²) in [5.74, 6) is -0.922. The summed E-state index contributed by atoms with van der Waals surface area (Å²) in [5.41, 5.74) is 2.95. The van der Waals surface area contributed by atoms with Crippen molar-refractivity contribution >= 4 is 11.9 Å². The van der Waals surface area contributed by atoms with E-state index in [1.54, 1.807) is 6.08 Å². The van der Waals surface area contributed by atoms with E-state index in [0.717, 1.165) is 16.7 Å². The van der Waals surface area contributed by atoms with Crippen molar-refractivity contribution < 1.29 is 39.5 Å². The number of hydrogen-bond donors (Lipinski definition) is 4. The quantitative estimate of drug-likeness (QED) is 0.299. The number of carboxylic acid groups (broad SMARTS) is 1. The van der Waals surface area contributed by atoms with Crippen LogP contribution in [0.3, 0.4) is 0 Å². The molecule has 8 atom stereocenters. The predicted octanol–water partition coefficient (Wildman–Crippen LogP) is 3.87. The zero-order valence-electron chi connectivity index (χ0n) is 22.7. The molecule has 1 unspecified atom stereocenters. The largest absolute Gasteiger partial charge is 0.481 e. The van der Waals surface area contributed by atoms with Crippen LogP contribution in [-0.4, -0.2) is 62.9 Å². The second-order valence-electron chi connectivity index (χ2n) is 10.8. The van der Waals surface area contributed by atoms with E-state index < -0.39 is 48.9 Å². The van der Waals surface area contributed by atoms with Crippen LogP contribution in [0.5, 0.6) is 5.75 Å². The number of carbonyl (C=O) groups is 2. The molecule has 0 aromatic heterocycles. The molecule has 0 bridgehead atoms. The highest BCUT2D eigenvalue weighted by atomic mass is 16.6. The van der Waals surface area contributed by atoms with E-state index in [0.29, 0.717) is 25.0 Å². The summed E-state index contributed by atoms with van der Waals surface area (Å²) < 4.78 is 12.1. The summed E-state index contributed by atoms with van der Waals surface area (Å²) in [6.07, 6.45) is 3.07. The van der Waals surface area contributed by atoms with Crippen molar-refractivity contribution in [1.82, 2.24) is 0 Å². The van der Waals surface area contributed by atoms with Gasteiger partial charge >= 0.3 is 11.9 Å². The number of aliphatic hydroxyl groups is 3. The molecule has 0 fully saturated rings. The number of allylic oxidation sites excluding steroid dienone is 2. The Labute approximate surface area is 225 Å². The van der Waals surface area contributed by atoms with Gasteiger partial charge in [-0.3, -0.25) is 4.79 Å². The maximum absolute atomic E-state index is 13.3. The molecule has 3 rings (SSSR count). The minimum Gasteiger partial charge on any atom is -0.481 e. The van der Waals surface area contributed by atoms with Crippen LogP contribution in [0.15, 0.2) is 42.0 Å². The first kappa shape index (κ1) is 29.9. The van der Waals surface area contributed by atoms with Gasteiger partial charge in [0.15, 0.2) is 6.10 Å². The molecular formula is C30H42O8. The molecule has 210 valence electrons. The number of aliphatic carboxylic acids is 1. The van der Waals surface area contributed by atoms with Crippen LogP contribution in [0.4, 0.5) is 0 Å². The predicted molar refractivity (Wildman–Crippen MR) is 143 cm³/mol. The van der Waals surface area contributed by atoms with E-state index >= 15 is 0 Å². The van der Waals surface area contributed by atoms with E-state index in [9.17, 15) is 24.9 Å². The topological polar surface area (TPSA) is 134 Å². The molecule has 0 radical (unpaired) electrons. The van der Waals surface area contributed by atoms with Gasteiger partial charge in [-0.15, -0.1) is 0 Å². The van der Waals surface area contributed by atoms with Gasteiger partial charge in [-0.25, -0.2) is 4.79 Å². The zero-order valence-corrected chi connectivity index (χ0v) is 22.7. The lowest BCUT2D eigenvalue weighted by Gasteiger charge is -2.43. The van der Waals surface area contributed by atoms with Crippen molar-refractivity contribution in [2.45, 2.75) is 96.7 Å². The number of carboxylic acids is 1. The third-order valence-electron chi connectivity index (χ3n) is 7.89. The highest BCUT2D eigenvalue weighted by Crippen LogP contribution is 2.44. The number of aryl methyl sites for hydroxylation is 1. The third kappa shape index (κ3) is 7.68. The average molecular weight is 531 g/mol. The summed E-state index contributed by atoms with van der Waals surface area (Å²) in [5, 5.41) is 39.7. The third-order valence-corrected chi connectivity index (χ3v) is 7.89. The van der Waals surface area contributed by atoms with E-state index in [2.05, 4.69) is 13.0 Å². The fraction of sp³-hybridized carbons (Fsp3) is 0.600. The maximum atomic E-state index is 13.3. The Morgan fingerprint density at radius 3 is 2.58 bits per heavy atom. The van der Waals surface area contributed by atoms with Gasteiger partial charge in [-0.2, -0.15) is 0 Å². The Morgan fingerprint density at radius 2 is 1.89 bits per heavy atom. The summed E-state index contributed by atoms with van der Waals surface area (Å²) in [4.78, 5) is 24.1. The van der Waals surface area contributed by atoms with Crippen molar-refractivity contribution in [3.8, 4) is 5.75 Å². The van der Waals surface area contributed by atoms with Crippen molar-refractivity contribution in [2.75, 3.05) is 0 Å². The van der Waals surface area contributed by atoms with Crippen molar-refractivity contribution in [3.05, 3.63) is 53.1 Å². The molecule has 2 aliphatic carbocycles. The number of aliphatic hydroxyl groups excluding tert-OH is 3. The van der Waals surface area contributed by atoms with Crippen LogP contribution in [0.1, 0.15) is 63.5 Å². The summed E-state index contributed by atoms with van der Waals surface area (Å²) in [6.45, 7) is 7.88. The van der Waals surface area contributed by atoms with Crippen LogP contribution >= 0.6 is 0 Å². The van der Waals surface area contributed by atoms with Gasteiger partial charge in [-0.1, -0.05) is 44.2 Å². The molecule has 0 spiro atoms. The Bertz CT molecular complexity index is 1030. The van der Waals surface area contributed by atoms with E-state index in [1.165, 1.54) is 0 Å². The molecule has 1 aromatic carbocycles. The molecule has 8 heteroatoms. The SMILES string of the molecule is CCC(Oc1cccc(C)c1C)C(=O)O[C@H]1C[C@H](O)C=C2C=C[C@H](C)[C@H](CC[C@@H](O)C[C@@H](O)CC(=O)O)[C@H]21. The Balaban J connectivity index is 1.72. The second-order valence-corrected chi connectivity index (χ2v) is 10.8. The molecule has 1 aromatic rings. The van der Waals surface area contributed by atoms with Gasteiger partial charge in [0.25, 0.3) is 0 Å². The minimum absolute atomic E-state index is 0.0123. The van der Waals surface area contributed by atoms with E-state index in [-0.39, 0.29) is 30.6 Å². The van der Waals surface area contributed by atoms with Crippen LogP contribution in [0.25, 0.3) is 0 Å². The van der Waals surface area contributed by atoms with Gasteiger partial charge in [0, 0.05) is 12.3 Å². The summed E-state index contributed by atoms with van der Waals surface area (Å²) in [6, 6.07) is 5.71. The average Bonchev–Trinajstić information content (AvgIpc) is 2.83. The number of rotatable bonds is 12. The number of ether oxygens (including phenoxy) is 2. The number of esters is 1. The standard InChI is InChI=1S/C30H42O8/c1-5-25(37-26-8-6-7-17(2)19(26)4)30(36)38-27-15-22(32)13-20-10-9-18(3)24(29(20)27)12-11-21(31)14-23(33)16-28(34)35/h6-10,13,18,21-25,27,29,31-33H,5,11-12,14-16H2,1-4H3,(H,34,35)/t18-,21+,22+,23+,24-,25?,27-,29-/m0/s1. The van der Waals surface area contributed by atoms with Crippen LogP contribution in [0, 0.1) is 31.6 Å². The Morgan fingerprint density at radius 1 is 1.16 bits per heavy atom. The molecule has 4 N–H and O–H groups in total. The highest BCUT2D eigenvalue weighted by Gasteiger charge is 2.42. The van der Waals surface area contributed by atoms with Crippen molar-refractivity contribution in [1.29, 1.82) is 0 Å². The lowest BCUT2D eigenvalue weighted by molar-refractivity contribution is -0.163. The fourth-order valence-electron chi connectivity index (χ4n) is 5.62. The smallest absolute Gasteiger partial charge is 0.347 e. The number of carbonyl (C=O) groups excluding carboxylic acids is 1. The minimum atomic E-state index is -1.11. The Kier molecular flexibility index (Phi) is 10.5. The lowest BCUT2D eigenvalue weighted by Crippen LogP contribution is -2.44. The highest BCUT2D eigenvalue weighted by molar-refractivity contribution is 5.75. The summed E-state index contributed by atoms with van der Waals surface area (Å²) in [7, 11) is 0. The van der Waals surface area contributed by atoms with Crippen molar-refractivity contribution in [3.63, 3.8) is 0 Å². The second kappa shape index (κ2) is 13.4. The maximum Gasteiger partial charge on any atom is 0.347 e.